The van der Waals surface area contributed by atoms with E-state index < -0.39 is 0 Å². The lowest BCUT2D eigenvalue weighted by Gasteiger charge is -2.33. The van der Waals surface area contributed by atoms with Crippen LogP contribution in [0.3, 0.4) is 0 Å². The van der Waals surface area contributed by atoms with Crippen molar-refractivity contribution in [2.45, 2.75) is 96.9 Å². The first-order valence-corrected chi connectivity index (χ1v) is 20.5. The lowest BCUT2D eigenvalue weighted by molar-refractivity contribution is -0.117. The standard InChI is InChI=1S/C47H51ClN4O4/c1-31-9-4-5-18-52(31)19-8-20-54-44-13-7-10-39(32(44)2)40-11-6-12-42-41(40)16-17-45(42)56-47-26-46(55-30-35-21-34(27-49)22-37(23-35)50-3)36(25-43(47)48)29-51-28-33-14-15-38(53)24-33/h6-7,10-13,21-23,25-26,31,33,45,51H,4-5,8-9,14-20,24,28-30H2,1-2H3/t31-,33+,45-/m0/s1. The van der Waals surface area contributed by atoms with Gasteiger partial charge in [0.2, 0.25) is 0 Å². The number of ketones is 1. The average Bonchev–Trinajstić information content (AvgIpc) is 3.83. The molecule has 2 fully saturated rings. The molecule has 9 heteroatoms. The Balaban J connectivity index is 1.07. The van der Waals surface area contributed by atoms with Crippen LogP contribution in [0, 0.1) is 30.7 Å². The summed E-state index contributed by atoms with van der Waals surface area (Å²) in [4.78, 5) is 18.0. The van der Waals surface area contributed by atoms with E-state index in [1.807, 2.05) is 12.1 Å². The van der Waals surface area contributed by atoms with Gasteiger partial charge in [-0.3, -0.25) is 4.79 Å². The maximum Gasteiger partial charge on any atom is 0.188 e. The Bertz CT molecular complexity index is 2110. The first-order chi connectivity index (χ1) is 27.3. The number of carbonyl (C=O) groups is 1. The predicted octanol–water partition coefficient (Wildman–Crippen LogP) is 10.5. The molecule has 1 saturated heterocycles. The van der Waals surface area contributed by atoms with E-state index in [1.54, 1.807) is 18.2 Å². The fourth-order valence-corrected chi connectivity index (χ4v) is 8.84. The van der Waals surface area contributed by atoms with E-state index in [0.717, 1.165) is 66.8 Å². The van der Waals surface area contributed by atoms with Gasteiger partial charge in [0, 0.05) is 49.2 Å². The number of carbonyl (C=O) groups excluding carboxylic acids is 1. The number of fused-ring (bicyclic) bond motifs is 1. The molecule has 1 N–H and O–H groups in total. The maximum absolute atomic E-state index is 11.8. The number of piperidine rings is 1. The summed E-state index contributed by atoms with van der Waals surface area (Å²) in [7, 11) is 0. The van der Waals surface area contributed by atoms with Crippen LogP contribution in [0.25, 0.3) is 16.0 Å². The van der Waals surface area contributed by atoms with Crippen molar-refractivity contribution in [2.24, 2.45) is 5.92 Å². The number of rotatable bonds is 15. The lowest BCUT2D eigenvalue weighted by Crippen LogP contribution is -2.38. The first-order valence-electron chi connectivity index (χ1n) is 20.1. The Labute approximate surface area is 336 Å². The Kier molecular flexibility index (Phi) is 12.9. The number of Topliss-reactive ketones (excluding diaryl/α,β-unsaturated/α-hetero) is 1. The number of ether oxygens (including phenoxy) is 3. The molecule has 1 heterocycles. The summed E-state index contributed by atoms with van der Waals surface area (Å²) in [5, 5.41) is 13.5. The summed E-state index contributed by atoms with van der Waals surface area (Å²) in [5.74, 6) is 2.73. The average molecular weight is 771 g/mol. The van der Waals surface area contributed by atoms with E-state index >= 15 is 0 Å². The molecule has 290 valence electrons. The van der Waals surface area contributed by atoms with Gasteiger partial charge in [-0.1, -0.05) is 48.4 Å². The van der Waals surface area contributed by atoms with Gasteiger partial charge in [-0.15, -0.1) is 0 Å². The topological polar surface area (TPSA) is 88.2 Å². The van der Waals surface area contributed by atoms with E-state index in [2.05, 4.69) is 71.4 Å². The van der Waals surface area contributed by atoms with Crippen LogP contribution in [0.5, 0.6) is 17.2 Å². The second-order valence-corrected chi connectivity index (χ2v) is 16.0. The van der Waals surface area contributed by atoms with Crippen molar-refractivity contribution in [2.75, 3.05) is 26.2 Å². The summed E-state index contributed by atoms with van der Waals surface area (Å²) in [6.07, 6.45) is 8.61. The van der Waals surface area contributed by atoms with Gasteiger partial charge in [0.15, 0.2) is 5.69 Å². The second-order valence-electron chi connectivity index (χ2n) is 15.6. The number of nitrogens with zero attached hydrogens (tertiary/aromatic N) is 3. The molecule has 0 amide bonds. The molecule has 0 spiro atoms. The minimum Gasteiger partial charge on any atom is -0.493 e. The Morgan fingerprint density at radius 2 is 1.84 bits per heavy atom. The summed E-state index contributed by atoms with van der Waals surface area (Å²) in [6, 6.07) is 24.4. The molecule has 1 saturated carbocycles. The van der Waals surface area contributed by atoms with E-state index in [-0.39, 0.29) is 12.7 Å². The van der Waals surface area contributed by atoms with Crippen LogP contribution in [-0.4, -0.2) is 43.0 Å². The Hall–Kier alpha value is -4.86. The SMILES string of the molecule is [C-]#[N+]c1cc(C#N)cc(COc2cc(O[C@H]3CCc4c(-c5cccc(OCCCN6CCCC[C@@H]6C)c5C)cccc43)c(Cl)cc2CNC[C@@H]2CCC(=O)C2)c1. The van der Waals surface area contributed by atoms with E-state index in [1.165, 1.54) is 42.5 Å². The van der Waals surface area contributed by atoms with Crippen LogP contribution in [0.15, 0.2) is 66.7 Å². The van der Waals surface area contributed by atoms with E-state index in [0.29, 0.717) is 71.5 Å². The quantitative estimate of drug-likeness (QED) is 0.0951. The van der Waals surface area contributed by atoms with Crippen molar-refractivity contribution in [1.29, 1.82) is 5.26 Å². The molecule has 56 heavy (non-hydrogen) atoms. The van der Waals surface area contributed by atoms with Crippen LogP contribution in [0.4, 0.5) is 5.69 Å². The van der Waals surface area contributed by atoms with Gasteiger partial charge in [0.1, 0.15) is 35.7 Å². The molecule has 0 unspecified atom stereocenters. The molecule has 0 bridgehead atoms. The fraction of sp³-hybridized carbons (Fsp3) is 0.426. The molecular weight excluding hydrogens is 720 g/mol. The van der Waals surface area contributed by atoms with Gasteiger partial charge in [-0.05, 0) is 135 Å². The number of hydrogen-bond donors (Lipinski definition) is 1. The molecule has 3 atom stereocenters. The highest BCUT2D eigenvalue weighted by Crippen LogP contribution is 2.44. The van der Waals surface area contributed by atoms with Gasteiger partial charge in [-0.25, -0.2) is 4.85 Å². The monoisotopic (exact) mass is 770 g/mol. The summed E-state index contributed by atoms with van der Waals surface area (Å²) in [6.45, 7) is 16.3. The van der Waals surface area contributed by atoms with Crippen molar-refractivity contribution < 1.29 is 19.0 Å². The fourth-order valence-electron chi connectivity index (χ4n) is 8.61. The van der Waals surface area contributed by atoms with E-state index in [4.69, 9.17) is 32.4 Å². The van der Waals surface area contributed by atoms with Gasteiger partial charge in [-0.2, -0.15) is 5.26 Å². The van der Waals surface area contributed by atoms with Crippen molar-refractivity contribution in [3.8, 4) is 34.4 Å². The smallest absolute Gasteiger partial charge is 0.188 e. The number of benzene rings is 4. The third-order valence-corrected chi connectivity index (χ3v) is 12.0. The molecule has 1 aliphatic heterocycles. The summed E-state index contributed by atoms with van der Waals surface area (Å²) in [5.41, 5.74) is 8.36. The first kappa shape index (κ1) is 39.4. The van der Waals surface area contributed by atoms with Gasteiger partial charge in [0.25, 0.3) is 0 Å². The Morgan fingerprint density at radius 1 is 0.982 bits per heavy atom. The molecule has 2 aliphatic carbocycles. The molecule has 8 nitrogen and oxygen atoms in total. The van der Waals surface area contributed by atoms with Crippen LogP contribution in [0.2, 0.25) is 5.02 Å². The molecule has 4 aromatic rings. The van der Waals surface area contributed by atoms with Crippen molar-refractivity contribution >= 4 is 23.1 Å². The molecule has 0 radical (unpaired) electrons. The number of likely N-dealkylation sites (tertiary alicyclic amines) is 1. The number of hydrogen-bond acceptors (Lipinski definition) is 7. The van der Waals surface area contributed by atoms with Gasteiger partial charge >= 0.3 is 0 Å². The minimum absolute atomic E-state index is 0.165. The molecule has 7 rings (SSSR count). The summed E-state index contributed by atoms with van der Waals surface area (Å²) < 4.78 is 19.5. The van der Waals surface area contributed by atoms with Crippen molar-refractivity contribution in [3.05, 3.63) is 117 Å². The lowest BCUT2D eigenvalue weighted by atomic mass is 9.93. The number of halogens is 1. The largest absolute Gasteiger partial charge is 0.493 e. The van der Waals surface area contributed by atoms with Crippen LogP contribution in [0.1, 0.15) is 97.8 Å². The third-order valence-electron chi connectivity index (χ3n) is 11.7. The predicted molar refractivity (Wildman–Crippen MR) is 221 cm³/mol. The number of nitrogens with one attached hydrogen (secondary N) is 1. The Morgan fingerprint density at radius 3 is 2.64 bits per heavy atom. The third kappa shape index (κ3) is 9.39. The zero-order valence-corrected chi connectivity index (χ0v) is 33.3. The van der Waals surface area contributed by atoms with Crippen LogP contribution in [-0.2, 0) is 24.4 Å². The molecular formula is C47H51ClN4O4. The van der Waals surface area contributed by atoms with Crippen LogP contribution < -0.4 is 19.5 Å². The minimum atomic E-state index is -0.190. The normalized spacial score (nSPS) is 19.3. The highest BCUT2D eigenvalue weighted by atomic mass is 35.5. The highest BCUT2D eigenvalue weighted by Gasteiger charge is 2.29. The summed E-state index contributed by atoms with van der Waals surface area (Å²) >= 11 is 6.96. The molecule has 4 aromatic carbocycles. The highest BCUT2D eigenvalue weighted by molar-refractivity contribution is 6.32. The van der Waals surface area contributed by atoms with Crippen LogP contribution >= 0.6 is 11.6 Å². The molecule has 3 aliphatic rings. The van der Waals surface area contributed by atoms with Crippen molar-refractivity contribution in [1.82, 2.24) is 10.2 Å². The van der Waals surface area contributed by atoms with Crippen molar-refractivity contribution in [3.63, 3.8) is 0 Å². The van der Waals surface area contributed by atoms with Gasteiger partial charge < -0.3 is 24.4 Å². The van der Waals surface area contributed by atoms with Gasteiger partial charge in [0.05, 0.1) is 24.3 Å². The second kappa shape index (κ2) is 18.4. The zero-order chi connectivity index (χ0) is 39.0. The zero-order valence-electron chi connectivity index (χ0n) is 32.5. The molecule has 0 aromatic heterocycles. The maximum atomic E-state index is 11.8. The number of nitriles is 1. The van der Waals surface area contributed by atoms with E-state index in [9.17, 15) is 10.1 Å².